The third-order valence-corrected chi connectivity index (χ3v) is 6.46. The number of fused-ring (bicyclic) bond motifs is 2. The van der Waals surface area contributed by atoms with Crippen LogP contribution in [0, 0.1) is 11.8 Å². The highest BCUT2D eigenvalue weighted by molar-refractivity contribution is 6.08. The van der Waals surface area contributed by atoms with Crippen LogP contribution in [-0.2, 0) is 17.8 Å². The summed E-state index contributed by atoms with van der Waals surface area (Å²) < 4.78 is 11.8. The average Bonchev–Trinajstić information content (AvgIpc) is 3.11. The number of ether oxygens (including phenoxy) is 2. The Labute approximate surface area is 183 Å². The van der Waals surface area contributed by atoms with Crippen LogP contribution < -0.4 is 9.47 Å². The van der Waals surface area contributed by atoms with Crippen LogP contribution in [0.15, 0.2) is 59.7 Å². The van der Waals surface area contributed by atoms with E-state index in [9.17, 15) is 4.79 Å². The lowest BCUT2D eigenvalue weighted by atomic mass is 9.75. The Morgan fingerprint density at radius 3 is 2.58 bits per heavy atom. The van der Waals surface area contributed by atoms with Crippen molar-refractivity contribution >= 4 is 11.6 Å². The molecule has 0 spiro atoms. The zero-order chi connectivity index (χ0) is 21.6. The van der Waals surface area contributed by atoms with Crippen LogP contribution in [0.5, 0.6) is 11.5 Å². The molecule has 0 saturated heterocycles. The molecular formula is C26H28N2O3. The average molecular weight is 417 g/mol. The number of hydrazone groups is 1. The largest absolute Gasteiger partial charge is 0.493 e. The van der Waals surface area contributed by atoms with Crippen molar-refractivity contribution < 1.29 is 14.3 Å². The number of benzene rings is 2. The lowest BCUT2D eigenvalue weighted by molar-refractivity contribution is -0.138. The fourth-order valence-corrected chi connectivity index (χ4v) is 4.99. The molecule has 3 aliphatic rings. The number of carbonyl (C=O) groups excluding carboxylic acids is 1. The molecule has 0 N–H and O–H groups in total. The highest BCUT2D eigenvalue weighted by Crippen LogP contribution is 2.46. The van der Waals surface area contributed by atoms with Crippen molar-refractivity contribution in [3.63, 3.8) is 0 Å². The number of hydrogen-bond donors (Lipinski definition) is 0. The summed E-state index contributed by atoms with van der Waals surface area (Å²) >= 11 is 0. The molecule has 0 unspecified atom stereocenters. The molecule has 2 heterocycles. The van der Waals surface area contributed by atoms with Gasteiger partial charge in [0, 0.05) is 23.5 Å². The van der Waals surface area contributed by atoms with E-state index in [0.717, 1.165) is 53.2 Å². The maximum atomic E-state index is 13.3. The maximum absolute atomic E-state index is 13.3. The Morgan fingerprint density at radius 2 is 1.84 bits per heavy atom. The van der Waals surface area contributed by atoms with Crippen LogP contribution in [0.4, 0.5) is 0 Å². The van der Waals surface area contributed by atoms with Crippen molar-refractivity contribution in [3.05, 3.63) is 71.3 Å². The minimum atomic E-state index is -0.299. The van der Waals surface area contributed by atoms with Crippen molar-refractivity contribution in [3.8, 4) is 11.5 Å². The third-order valence-electron chi connectivity index (χ3n) is 6.46. The Kier molecular flexibility index (Phi) is 4.84. The summed E-state index contributed by atoms with van der Waals surface area (Å²) in [4.78, 5) is 13.3. The second-order valence-electron chi connectivity index (χ2n) is 9.18. The second-order valence-corrected chi connectivity index (χ2v) is 9.18. The molecule has 2 aromatic rings. The van der Waals surface area contributed by atoms with Crippen LogP contribution in [0.1, 0.15) is 43.4 Å². The van der Waals surface area contributed by atoms with Crippen molar-refractivity contribution in [2.45, 2.75) is 45.3 Å². The number of rotatable bonds is 4. The molecule has 5 heteroatoms. The molecule has 0 fully saturated rings. The minimum absolute atomic E-state index is 0.0747. The van der Waals surface area contributed by atoms with E-state index in [1.54, 1.807) is 12.1 Å². The van der Waals surface area contributed by atoms with Gasteiger partial charge >= 0.3 is 0 Å². The fraction of sp³-hybridized carbons (Fsp3) is 0.385. The molecule has 2 aromatic carbocycles. The first-order valence-corrected chi connectivity index (χ1v) is 10.9. The van der Waals surface area contributed by atoms with Gasteiger partial charge in [-0.2, -0.15) is 5.10 Å². The number of nitrogens with zero attached hydrogens (tertiary/aromatic N) is 2. The molecule has 31 heavy (non-hydrogen) atoms. The SMILES string of the molecule is COc1ccc(C2=NN(Cc3ccccc3)C(=O)[C@@H]3CC=CC[C@H]23)c2c1OC(C)(C)C2. The van der Waals surface area contributed by atoms with Crippen LogP contribution in [0.25, 0.3) is 0 Å². The Bertz CT molecular complexity index is 1070. The molecule has 1 aliphatic carbocycles. The number of carbonyl (C=O) groups is 1. The molecule has 5 rings (SSSR count). The number of hydrogen-bond acceptors (Lipinski definition) is 4. The molecule has 0 radical (unpaired) electrons. The fourth-order valence-electron chi connectivity index (χ4n) is 4.99. The van der Waals surface area contributed by atoms with Gasteiger partial charge in [-0.05, 0) is 44.4 Å². The van der Waals surface area contributed by atoms with E-state index in [1.165, 1.54) is 0 Å². The van der Waals surface area contributed by atoms with Gasteiger partial charge in [-0.15, -0.1) is 0 Å². The van der Waals surface area contributed by atoms with Crippen LogP contribution in [0.2, 0.25) is 0 Å². The number of amides is 1. The predicted octanol–water partition coefficient (Wildman–Crippen LogP) is 4.74. The zero-order valence-electron chi connectivity index (χ0n) is 18.3. The summed E-state index contributed by atoms with van der Waals surface area (Å²) in [6, 6.07) is 14.1. The normalized spacial score (nSPS) is 23.6. The highest BCUT2D eigenvalue weighted by Gasteiger charge is 2.43. The van der Waals surface area contributed by atoms with Crippen LogP contribution in [-0.4, -0.2) is 29.3 Å². The summed E-state index contributed by atoms with van der Waals surface area (Å²) in [7, 11) is 1.67. The van der Waals surface area contributed by atoms with Gasteiger partial charge in [-0.1, -0.05) is 42.5 Å². The monoisotopic (exact) mass is 416 g/mol. The predicted molar refractivity (Wildman–Crippen MR) is 120 cm³/mol. The lowest BCUT2D eigenvalue weighted by Crippen LogP contribution is -2.45. The zero-order valence-corrected chi connectivity index (χ0v) is 18.3. The Balaban J connectivity index is 1.61. The number of methoxy groups -OCH3 is 1. The Hall–Kier alpha value is -3.08. The van der Waals surface area contributed by atoms with E-state index < -0.39 is 0 Å². The molecule has 0 bridgehead atoms. The van der Waals surface area contributed by atoms with Crippen LogP contribution in [0.3, 0.4) is 0 Å². The van der Waals surface area contributed by atoms with Gasteiger partial charge < -0.3 is 9.47 Å². The maximum Gasteiger partial charge on any atom is 0.247 e. The molecule has 5 nitrogen and oxygen atoms in total. The summed E-state index contributed by atoms with van der Waals surface area (Å²) in [6.07, 6.45) is 6.69. The topological polar surface area (TPSA) is 51.1 Å². The molecule has 1 amide bonds. The van der Waals surface area contributed by atoms with E-state index in [-0.39, 0.29) is 23.3 Å². The first-order chi connectivity index (χ1) is 15.0. The smallest absolute Gasteiger partial charge is 0.247 e. The molecule has 2 aliphatic heterocycles. The van der Waals surface area contributed by atoms with E-state index in [1.807, 2.05) is 36.4 Å². The highest BCUT2D eigenvalue weighted by atomic mass is 16.5. The van der Waals surface area contributed by atoms with Crippen LogP contribution >= 0.6 is 0 Å². The van der Waals surface area contributed by atoms with E-state index in [4.69, 9.17) is 14.6 Å². The van der Waals surface area contributed by atoms with Gasteiger partial charge in [0.15, 0.2) is 11.5 Å². The minimum Gasteiger partial charge on any atom is -0.493 e. The van der Waals surface area contributed by atoms with Gasteiger partial charge in [0.2, 0.25) is 5.91 Å². The van der Waals surface area contributed by atoms with E-state index in [0.29, 0.717) is 6.54 Å². The van der Waals surface area contributed by atoms with Crippen molar-refractivity contribution in [1.82, 2.24) is 5.01 Å². The first kappa shape index (κ1) is 19.9. The van der Waals surface area contributed by atoms with Gasteiger partial charge in [-0.25, -0.2) is 5.01 Å². The van der Waals surface area contributed by atoms with Gasteiger partial charge in [0.05, 0.1) is 25.3 Å². The summed E-state index contributed by atoms with van der Waals surface area (Å²) in [5.74, 6) is 1.68. The summed E-state index contributed by atoms with van der Waals surface area (Å²) in [6.45, 7) is 4.67. The van der Waals surface area contributed by atoms with Gasteiger partial charge in [0.1, 0.15) is 5.60 Å². The quantitative estimate of drug-likeness (QED) is 0.677. The molecular weight excluding hydrogens is 388 g/mol. The lowest BCUT2D eigenvalue weighted by Gasteiger charge is -2.37. The summed E-state index contributed by atoms with van der Waals surface area (Å²) in [5.41, 5.74) is 3.98. The van der Waals surface area contributed by atoms with Crippen molar-refractivity contribution in [1.29, 1.82) is 0 Å². The molecule has 0 saturated carbocycles. The number of allylic oxidation sites excluding steroid dienone is 2. The molecule has 160 valence electrons. The van der Waals surface area contributed by atoms with Gasteiger partial charge in [-0.3, -0.25) is 4.79 Å². The standard InChI is InChI=1S/C26H28N2O3/c1-26(2)15-21-19(13-14-22(30-3)24(21)31-26)23-18-11-7-8-12-20(18)25(29)28(27-23)16-17-9-5-4-6-10-17/h4-10,13-14,18,20H,11-12,15-16H2,1-3H3/t18-,20+/m0/s1. The molecule has 2 atom stereocenters. The molecule has 0 aromatic heterocycles. The van der Waals surface area contributed by atoms with E-state index in [2.05, 4.69) is 32.1 Å². The Morgan fingerprint density at radius 1 is 1.10 bits per heavy atom. The van der Waals surface area contributed by atoms with Gasteiger partial charge in [0.25, 0.3) is 0 Å². The first-order valence-electron chi connectivity index (χ1n) is 10.9. The van der Waals surface area contributed by atoms with E-state index >= 15 is 0 Å². The van der Waals surface area contributed by atoms with Crippen molar-refractivity contribution in [2.24, 2.45) is 16.9 Å². The summed E-state index contributed by atoms with van der Waals surface area (Å²) in [5, 5.41) is 6.63. The second kappa shape index (κ2) is 7.56. The van der Waals surface area contributed by atoms with Crippen molar-refractivity contribution in [2.75, 3.05) is 7.11 Å². The third kappa shape index (κ3) is 3.52.